The van der Waals surface area contributed by atoms with Crippen LogP contribution < -0.4 is 10.5 Å². The lowest BCUT2D eigenvalue weighted by atomic mass is 9.81. The SMILES string of the molecule is Cc1cc(/C(=N\OC(C)(C)C)C2CCC(N(C)c3c(C#N)c(=O)n(C)c4ccc(C#N)nc34)CC2)n(C)n1. The Labute approximate surface area is 222 Å². The molecule has 0 bridgehead atoms. The highest BCUT2D eigenvalue weighted by Crippen LogP contribution is 2.35. The van der Waals surface area contributed by atoms with Crippen molar-refractivity contribution in [1.82, 2.24) is 19.3 Å². The van der Waals surface area contributed by atoms with Crippen molar-refractivity contribution in [3.63, 3.8) is 0 Å². The minimum Gasteiger partial charge on any atom is -0.390 e. The normalized spacial score (nSPS) is 18.2. The third-order valence-corrected chi connectivity index (χ3v) is 7.11. The maximum absolute atomic E-state index is 13.0. The molecule has 0 unspecified atom stereocenters. The van der Waals surface area contributed by atoms with Gasteiger partial charge in [0.25, 0.3) is 5.56 Å². The fraction of sp³-hybridized carbons (Fsp3) is 0.500. The lowest BCUT2D eigenvalue weighted by Gasteiger charge is -2.37. The Morgan fingerprint density at radius 1 is 1.16 bits per heavy atom. The summed E-state index contributed by atoms with van der Waals surface area (Å²) in [4.78, 5) is 25.4. The van der Waals surface area contributed by atoms with E-state index in [9.17, 15) is 15.3 Å². The Balaban J connectivity index is 1.67. The van der Waals surface area contributed by atoms with E-state index in [1.165, 1.54) is 4.57 Å². The van der Waals surface area contributed by atoms with Crippen LogP contribution in [0, 0.1) is 35.5 Å². The molecule has 10 heteroatoms. The number of nitrogens with zero attached hydrogens (tertiary/aromatic N) is 8. The minimum atomic E-state index is -0.417. The molecular formula is C28H34N8O2. The second-order valence-corrected chi connectivity index (χ2v) is 11.0. The number of fused-ring (bicyclic) bond motifs is 1. The quantitative estimate of drug-likeness (QED) is 0.373. The molecule has 1 aliphatic rings. The highest BCUT2D eigenvalue weighted by atomic mass is 16.6. The highest BCUT2D eigenvalue weighted by molar-refractivity contribution is 6.00. The maximum atomic E-state index is 13.0. The first-order valence-electron chi connectivity index (χ1n) is 12.8. The van der Waals surface area contributed by atoms with E-state index in [0.717, 1.165) is 42.8 Å². The molecule has 3 aromatic heterocycles. The van der Waals surface area contributed by atoms with Gasteiger partial charge in [0.05, 0.1) is 22.6 Å². The molecule has 0 atom stereocenters. The van der Waals surface area contributed by atoms with Gasteiger partial charge in [0.2, 0.25) is 0 Å². The monoisotopic (exact) mass is 514 g/mol. The van der Waals surface area contributed by atoms with Crippen molar-refractivity contribution in [3.05, 3.63) is 51.2 Å². The Morgan fingerprint density at radius 3 is 2.39 bits per heavy atom. The molecule has 0 aromatic carbocycles. The Hall–Kier alpha value is -4.18. The van der Waals surface area contributed by atoms with Crippen molar-refractivity contribution in [3.8, 4) is 12.1 Å². The van der Waals surface area contributed by atoms with Crippen LogP contribution in [-0.2, 0) is 18.9 Å². The fourth-order valence-corrected chi connectivity index (χ4v) is 5.19. The molecule has 4 rings (SSSR count). The van der Waals surface area contributed by atoms with Gasteiger partial charge in [0.1, 0.15) is 40.2 Å². The molecule has 38 heavy (non-hydrogen) atoms. The summed E-state index contributed by atoms with van der Waals surface area (Å²) in [5.74, 6) is 0.177. The van der Waals surface area contributed by atoms with Crippen LogP contribution in [0.5, 0.6) is 0 Å². The number of pyridine rings is 2. The largest absolute Gasteiger partial charge is 0.390 e. The summed E-state index contributed by atoms with van der Waals surface area (Å²) in [5.41, 5.74) is 3.80. The molecule has 1 saturated carbocycles. The third-order valence-electron chi connectivity index (χ3n) is 7.11. The van der Waals surface area contributed by atoms with Gasteiger partial charge in [-0.05, 0) is 71.6 Å². The van der Waals surface area contributed by atoms with Gasteiger partial charge in [-0.3, -0.25) is 9.48 Å². The summed E-state index contributed by atoms with van der Waals surface area (Å²) >= 11 is 0. The lowest BCUT2D eigenvalue weighted by Crippen LogP contribution is -2.39. The summed E-state index contributed by atoms with van der Waals surface area (Å²) < 4.78 is 3.27. The number of aromatic nitrogens is 4. The first kappa shape index (κ1) is 26.9. The number of aryl methyl sites for hydroxylation is 3. The van der Waals surface area contributed by atoms with Crippen LogP contribution in [-0.4, -0.2) is 43.7 Å². The molecule has 0 saturated heterocycles. The van der Waals surface area contributed by atoms with Crippen LogP contribution in [0.25, 0.3) is 11.0 Å². The molecule has 3 aromatic rings. The predicted molar refractivity (Wildman–Crippen MR) is 146 cm³/mol. The van der Waals surface area contributed by atoms with Crippen LogP contribution in [0.1, 0.15) is 69.1 Å². The van der Waals surface area contributed by atoms with E-state index in [-0.39, 0.29) is 28.8 Å². The number of hydrogen-bond donors (Lipinski definition) is 0. The van der Waals surface area contributed by atoms with E-state index >= 15 is 0 Å². The van der Waals surface area contributed by atoms with Gasteiger partial charge >= 0.3 is 0 Å². The zero-order valence-electron chi connectivity index (χ0n) is 23.1. The van der Waals surface area contributed by atoms with Gasteiger partial charge in [-0.25, -0.2) is 4.98 Å². The Morgan fingerprint density at radius 2 is 1.84 bits per heavy atom. The first-order valence-corrected chi connectivity index (χ1v) is 12.8. The van der Waals surface area contributed by atoms with Crippen LogP contribution in [0.3, 0.4) is 0 Å². The van der Waals surface area contributed by atoms with Crippen molar-refractivity contribution >= 4 is 22.4 Å². The van der Waals surface area contributed by atoms with E-state index in [0.29, 0.717) is 16.7 Å². The molecule has 3 heterocycles. The van der Waals surface area contributed by atoms with E-state index in [2.05, 4.69) is 27.4 Å². The average Bonchev–Trinajstić information content (AvgIpc) is 3.22. The van der Waals surface area contributed by atoms with E-state index in [1.54, 1.807) is 19.2 Å². The summed E-state index contributed by atoms with van der Waals surface area (Å²) in [5, 5.41) is 28.5. The van der Waals surface area contributed by atoms with Gasteiger partial charge in [-0.1, -0.05) is 5.16 Å². The minimum absolute atomic E-state index is 0.0402. The second-order valence-electron chi connectivity index (χ2n) is 11.0. The molecule has 1 fully saturated rings. The lowest BCUT2D eigenvalue weighted by molar-refractivity contribution is -0.000114. The number of nitriles is 2. The van der Waals surface area contributed by atoms with Crippen LogP contribution in [0.2, 0.25) is 0 Å². The van der Waals surface area contributed by atoms with Crippen molar-refractivity contribution < 1.29 is 4.84 Å². The summed E-state index contributed by atoms with van der Waals surface area (Å²) in [6.45, 7) is 7.88. The highest BCUT2D eigenvalue weighted by Gasteiger charge is 2.32. The Bertz CT molecular complexity index is 1540. The smallest absolute Gasteiger partial charge is 0.270 e. The van der Waals surface area contributed by atoms with Crippen molar-refractivity contribution in [2.75, 3.05) is 11.9 Å². The summed E-state index contributed by atoms with van der Waals surface area (Å²) in [6, 6.07) is 9.58. The molecule has 0 amide bonds. The second kappa shape index (κ2) is 10.3. The van der Waals surface area contributed by atoms with Gasteiger partial charge in [-0.2, -0.15) is 15.6 Å². The third kappa shape index (κ3) is 5.12. The van der Waals surface area contributed by atoms with Gasteiger partial charge in [-0.15, -0.1) is 0 Å². The predicted octanol–water partition coefficient (Wildman–Crippen LogP) is 3.93. The zero-order chi connectivity index (χ0) is 27.8. The van der Waals surface area contributed by atoms with E-state index in [4.69, 9.17) is 4.84 Å². The van der Waals surface area contributed by atoms with Crippen LogP contribution >= 0.6 is 0 Å². The number of hydrogen-bond acceptors (Lipinski definition) is 8. The molecule has 198 valence electrons. The summed E-state index contributed by atoms with van der Waals surface area (Å²) in [6.07, 6.45) is 3.36. The van der Waals surface area contributed by atoms with E-state index in [1.807, 2.05) is 57.4 Å². The van der Waals surface area contributed by atoms with Gasteiger partial charge in [0, 0.05) is 33.1 Å². The van der Waals surface area contributed by atoms with Crippen molar-refractivity contribution in [1.29, 1.82) is 10.5 Å². The maximum Gasteiger partial charge on any atom is 0.270 e. The van der Waals surface area contributed by atoms with Gasteiger partial charge < -0.3 is 14.3 Å². The van der Waals surface area contributed by atoms with Crippen LogP contribution in [0.15, 0.2) is 28.1 Å². The molecule has 0 spiro atoms. The molecule has 10 nitrogen and oxygen atoms in total. The molecule has 0 N–H and O–H groups in total. The number of rotatable bonds is 5. The molecule has 0 radical (unpaired) electrons. The summed E-state index contributed by atoms with van der Waals surface area (Å²) in [7, 11) is 5.44. The first-order chi connectivity index (χ1) is 17.9. The fourth-order valence-electron chi connectivity index (χ4n) is 5.19. The van der Waals surface area contributed by atoms with Crippen molar-refractivity contribution in [2.45, 2.75) is 65.0 Å². The number of oxime groups is 1. The number of anilines is 1. The van der Waals surface area contributed by atoms with Crippen LogP contribution in [0.4, 0.5) is 5.69 Å². The van der Waals surface area contributed by atoms with Gasteiger partial charge in [0.15, 0.2) is 0 Å². The van der Waals surface area contributed by atoms with E-state index < -0.39 is 5.60 Å². The average molecular weight is 515 g/mol. The zero-order valence-corrected chi connectivity index (χ0v) is 23.1. The molecular weight excluding hydrogens is 480 g/mol. The van der Waals surface area contributed by atoms with Crippen molar-refractivity contribution in [2.24, 2.45) is 25.2 Å². The topological polar surface area (TPSA) is 125 Å². The molecule has 0 aliphatic heterocycles. The molecule has 1 aliphatic carbocycles. The Kier molecular flexibility index (Phi) is 7.28. The standard InChI is InChI=1S/C28H34N8O2/c1-17-14-23(36(7)32-17)24(33-38-28(2,3)4)18-8-11-20(12-9-18)34(5)26-21(16-30)27(37)35(6)22-13-10-19(15-29)31-25(22)26/h10,13-14,18,20H,8-9,11-12H2,1-7H3/b33-24-.